The highest BCUT2D eigenvalue weighted by molar-refractivity contribution is 7.79. The van der Waals surface area contributed by atoms with Crippen LogP contribution in [-0.4, -0.2) is 39.8 Å². The minimum absolute atomic E-state index is 0.216. The van der Waals surface area contributed by atoms with Crippen LogP contribution < -0.4 is 5.32 Å². The highest BCUT2D eigenvalue weighted by atomic mass is 32.2. The Bertz CT molecular complexity index is 175. The van der Waals surface area contributed by atoms with Crippen LogP contribution in [-0.2, 0) is 15.8 Å². The lowest BCUT2D eigenvalue weighted by molar-refractivity contribution is -0.0375. The summed E-state index contributed by atoms with van der Waals surface area (Å²) in [7, 11) is 0. The van der Waals surface area contributed by atoms with Crippen molar-refractivity contribution in [2.45, 2.75) is 25.4 Å². The van der Waals surface area contributed by atoms with Crippen molar-refractivity contribution in [3.63, 3.8) is 0 Å². The normalized spacial score (nSPS) is 31.5. The molecule has 0 aromatic heterocycles. The van der Waals surface area contributed by atoms with E-state index in [4.69, 9.17) is 9.29 Å². The quantitative estimate of drug-likeness (QED) is 0.654. The Morgan fingerprint density at radius 1 is 1.69 bits per heavy atom. The van der Waals surface area contributed by atoms with Crippen molar-refractivity contribution in [2.75, 3.05) is 25.4 Å². The Morgan fingerprint density at radius 3 is 2.92 bits per heavy atom. The summed E-state index contributed by atoms with van der Waals surface area (Å²) in [5.41, 5.74) is -0.410. The van der Waals surface area contributed by atoms with Gasteiger partial charge in [-0.1, -0.05) is 0 Å². The van der Waals surface area contributed by atoms with Crippen molar-refractivity contribution in [1.29, 1.82) is 0 Å². The van der Waals surface area contributed by atoms with E-state index in [-0.39, 0.29) is 5.75 Å². The number of piperidine rings is 1. The van der Waals surface area contributed by atoms with Crippen LogP contribution in [0.3, 0.4) is 0 Å². The summed E-state index contributed by atoms with van der Waals surface area (Å²) in [6, 6.07) is 0. The smallest absolute Gasteiger partial charge is 0.155 e. The summed E-state index contributed by atoms with van der Waals surface area (Å²) >= 11 is -1.77. The van der Waals surface area contributed by atoms with Gasteiger partial charge in [0.25, 0.3) is 0 Å². The Morgan fingerprint density at radius 2 is 2.46 bits per heavy atom. The lowest BCUT2D eigenvalue weighted by atomic mass is 9.96. The fraction of sp³-hybridized carbons (Fsp3) is 1.00. The van der Waals surface area contributed by atoms with Gasteiger partial charge in [0.2, 0.25) is 0 Å². The first-order valence-corrected chi connectivity index (χ1v) is 5.88. The average molecular weight is 207 g/mol. The largest absolute Gasteiger partial charge is 0.373 e. The van der Waals surface area contributed by atoms with Crippen molar-refractivity contribution in [1.82, 2.24) is 5.32 Å². The Labute approximate surface area is 81.3 Å². The number of hydrogen-bond donors (Lipinski definition) is 2. The number of rotatable bonds is 4. The molecule has 0 spiro atoms. The van der Waals surface area contributed by atoms with Gasteiger partial charge in [0.15, 0.2) is 11.1 Å². The lowest BCUT2D eigenvalue weighted by Crippen LogP contribution is -2.51. The second-order valence-corrected chi connectivity index (χ2v) is 4.29. The third-order valence-electron chi connectivity index (χ3n) is 2.27. The fourth-order valence-corrected chi connectivity index (χ4v) is 2.54. The minimum atomic E-state index is -1.77. The molecule has 0 aliphatic carbocycles. The highest BCUT2D eigenvalue weighted by Gasteiger charge is 2.34. The maximum absolute atomic E-state index is 10.8. The van der Waals surface area contributed by atoms with Crippen LogP contribution in [0, 0.1) is 0 Å². The average Bonchev–Trinajstić information content (AvgIpc) is 2.04. The van der Waals surface area contributed by atoms with Crippen molar-refractivity contribution in [2.24, 2.45) is 0 Å². The molecule has 1 aliphatic rings. The summed E-state index contributed by atoms with van der Waals surface area (Å²) < 4.78 is 25.2. The molecule has 0 bridgehead atoms. The molecule has 0 aromatic carbocycles. The van der Waals surface area contributed by atoms with Crippen LogP contribution in [0.1, 0.15) is 19.8 Å². The first-order chi connectivity index (χ1) is 6.18. The van der Waals surface area contributed by atoms with Crippen LogP contribution in [0.5, 0.6) is 0 Å². The van der Waals surface area contributed by atoms with Crippen molar-refractivity contribution in [3.8, 4) is 0 Å². The van der Waals surface area contributed by atoms with Crippen LogP contribution in [0.4, 0.5) is 0 Å². The highest BCUT2D eigenvalue weighted by Crippen LogP contribution is 2.21. The van der Waals surface area contributed by atoms with E-state index >= 15 is 0 Å². The second-order valence-electron chi connectivity index (χ2n) is 3.36. The molecule has 1 saturated heterocycles. The Hall–Kier alpha value is 0.0300. The molecule has 1 rings (SSSR count). The predicted molar refractivity (Wildman–Crippen MR) is 52.1 cm³/mol. The summed E-state index contributed by atoms with van der Waals surface area (Å²) in [6.45, 7) is 4.18. The molecule has 1 aliphatic heterocycles. The zero-order valence-corrected chi connectivity index (χ0v) is 8.73. The molecule has 2 unspecified atom stereocenters. The van der Waals surface area contributed by atoms with Gasteiger partial charge in [0.05, 0.1) is 11.4 Å². The maximum Gasteiger partial charge on any atom is 0.155 e. The van der Waals surface area contributed by atoms with Gasteiger partial charge in [-0.2, -0.15) is 0 Å². The first-order valence-electron chi connectivity index (χ1n) is 4.61. The predicted octanol–water partition coefficient (Wildman–Crippen LogP) is 0.367. The molecule has 0 saturated carbocycles. The monoisotopic (exact) mass is 207 g/mol. The molecule has 0 radical (unpaired) electrons. The summed E-state index contributed by atoms with van der Waals surface area (Å²) in [5, 5.41) is 3.20. The standard InChI is InChI=1S/C8H17NO3S/c1-2-12-8(7-13(10)11)4-3-5-9-6-8/h9H,2-7H2,1H3,(H,10,11). The van der Waals surface area contributed by atoms with Crippen LogP contribution >= 0.6 is 0 Å². The van der Waals surface area contributed by atoms with Crippen molar-refractivity contribution < 1.29 is 13.5 Å². The third-order valence-corrected chi connectivity index (χ3v) is 3.04. The Kier molecular flexibility index (Phi) is 4.31. The molecule has 78 valence electrons. The molecule has 13 heavy (non-hydrogen) atoms. The van der Waals surface area contributed by atoms with E-state index in [2.05, 4.69) is 5.32 Å². The van der Waals surface area contributed by atoms with Crippen LogP contribution in [0.25, 0.3) is 0 Å². The van der Waals surface area contributed by atoms with Gasteiger partial charge in [-0.15, -0.1) is 0 Å². The van der Waals surface area contributed by atoms with Gasteiger partial charge >= 0.3 is 0 Å². The zero-order chi connectivity index (χ0) is 9.73. The second kappa shape index (κ2) is 5.05. The van der Waals surface area contributed by atoms with Crippen LogP contribution in [0.15, 0.2) is 0 Å². The maximum atomic E-state index is 10.8. The lowest BCUT2D eigenvalue weighted by Gasteiger charge is -2.36. The van der Waals surface area contributed by atoms with Gasteiger partial charge < -0.3 is 14.6 Å². The molecule has 5 heteroatoms. The Balaban J connectivity index is 2.55. The van der Waals surface area contributed by atoms with Gasteiger partial charge in [-0.05, 0) is 26.3 Å². The molecule has 2 atom stereocenters. The summed E-state index contributed by atoms with van der Waals surface area (Å²) in [4.78, 5) is 0. The molecular weight excluding hydrogens is 190 g/mol. The number of ether oxygens (including phenoxy) is 1. The summed E-state index contributed by atoms with van der Waals surface area (Å²) in [6.07, 6.45) is 1.89. The van der Waals surface area contributed by atoms with Gasteiger partial charge in [0, 0.05) is 13.2 Å². The fourth-order valence-electron chi connectivity index (χ4n) is 1.76. The molecule has 1 heterocycles. The van der Waals surface area contributed by atoms with E-state index in [1.165, 1.54) is 0 Å². The first kappa shape index (κ1) is 11.1. The van der Waals surface area contributed by atoms with Gasteiger partial charge in [0.1, 0.15) is 0 Å². The van der Waals surface area contributed by atoms with Crippen molar-refractivity contribution in [3.05, 3.63) is 0 Å². The van der Waals surface area contributed by atoms with E-state index in [9.17, 15) is 4.21 Å². The van der Waals surface area contributed by atoms with E-state index in [1.54, 1.807) is 0 Å². The topological polar surface area (TPSA) is 58.6 Å². The van der Waals surface area contributed by atoms with E-state index < -0.39 is 16.7 Å². The molecule has 0 amide bonds. The SMILES string of the molecule is CCOC1(CS(=O)O)CCCNC1. The molecular formula is C8H17NO3S. The zero-order valence-electron chi connectivity index (χ0n) is 7.91. The van der Waals surface area contributed by atoms with E-state index in [0.717, 1.165) is 19.4 Å². The van der Waals surface area contributed by atoms with E-state index in [0.29, 0.717) is 13.2 Å². The molecule has 0 aromatic rings. The third kappa shape index (κ3) is 3.34. The number of hydrogen-bond acceptors (Lipinski definition) is 3. The minimum Gasteiger partial charge on any atom is -0.373 e. The molecule has 1 fully saturated rings. The van der Waals surface area contributed by atoms with Crippen molar-refractivity contribution >= 4 is 11.1 Å². The summed E-state index contributed by atoms with van der Waals surface area (Å²) in [5.74, 6) is 0.216. The van der Waals surface area contributed by atoms with Gasteiger partial charge in [-0.25, -0.2) is 4.21 Å². The molecule has 2 N–H and O–H groups in total. The van der Waals surface area contributed by atoms with E-state index in [1.807, 2.05) is 6.92 Å². The molecule has 4 nitrogen and oxygen atoms in total. The number of nitrogens with one attached hydrogen (secondary N) is 1. The van der Waals surface area contributed by atoms with Crippen LogP contribution in [0.2, 0.25) is 0 Å². The van der Waals surface area contributed by atoms with Gasteiger partial charge in [-0.3, -0.25) is 0 Å².